The van der Waals surface area contributed by atoms with Gasteiger partial charge in [0.25, 0.3) is 11.8 Å². The van der Waals surface area contributed by atoms with E-state index in [1.54, 1.807) is 12.1 Å². The minimum atomic E-state index is -0.366. The number of carbonyl (C=O) groups excluding carboxylic acids is 2. The summed E-state index contributed by atoms with van der Waals surface area (Å²) in [5, 5.41) is 3.88. The SMILES string of the molecule is Cc1cccc(NC2=C(Sc3ccc(Cl)cc3)C(=O)N(c3ccc(C(C)C)cc3)C2=O)c1C. The van der Waals surface area contributed by atoms with Crippen LogP contribution in [-0.2, 0) is 9.59 Å². The highest BCUT2D eigenvalue weighted by Crippen LogP contribution is 2.38. The Morgan fingerprint density at radius 2 is 1.55 bits per heavy atom. The molecule has 1 aliphatic rings. The molecule has 33 heavy (non-hydrogen) atoms. The Morgan fingerprint density at radius 3 is 2.18 bits per heavy atom. The summed E-state index contributed by atoms with van der Waals surface area (Å²) < 4.78 is 0. The van der Waals surface area contributed by atoms with Crippen molar-refractivity contribution in [2.45, 2.75) is 38.5 Å². The molecule has 0 bridgehead atoms. The van der Waals surface area contributed by atoms with Crippen LogP contribution in [0.4, 0.5) is 11.4 Å². The van der Waals surface area contributed by atoms with Gasteiger partial charge < -0.3 is 5.32 Å². The Kier molecular flexibility index (Phi) is 6.63. The fraction of sp³-hybridized carbons (Fsp3) is 0.185. The molecular weight excluding hydrogens is 452 g/mol. The molecule has 0 atom stereocenters. The lowest BCUT2D eigenvalue weighted by Gasteiger charge is -2.17. The van der Waals surface area contributed by atoms with Crippen LogP contribution in [0, 0.1) is 13.8 Å². The van der Waals surface area contributed by atoms with E-state index >= 15 is 0 Å². The normalized spacial score (nSPS) is 13.9. The Labute approximate surface area is 203 Å². The highest BCUT2D eigenvalue weighted by molar-refractivity contribution is 8.04. The lowest BCUT2D eigenvalue weighted by Crippen LogP contribution is -2.32. The number of thioether (sulfide) groups is 1. The number of imide groups is 1. The van der Waals surface area contributed by atoms with E-state index in [2.05, 4.69) is 19.2 Å². The fourth-order valence-corrected chi connectivity index (χ4v) is 4.65. The van der Waals surface area contributed by atoms with Crippen LogP contribution in [0.15, 0.2) is 82.2 Å². The number of halogens is 1. The highest BCUT2D eigenvalue weighted by atomic mass is 35.5. The third kappa shape index (κ3) is 4.70. The van der Waals surface area contributed by atoms with Crippen LogP contribution >= 0.6 is 23.4 Å². The third-order valence-corrected chi connectivity index (χ3v) is 7.10. The van der Waals surface area contributed by atoms with E-state index in [-0.39, 0.29) is 17.5 Å². The van der Waals surface area contributed by atoms with Gasteiger partial charge in [-0.2, -0.15) is 0 Å². The molecule has 0 fully saturated rings. The van der Waals surface area contributed by atoms with Crippen molar-refractivity contribution in [3.05, 3.63) is 99.0 Å². The molecule has 168 valence electrons. The molecule has 3 aromatic rings. The quantitative estimate of drug-likeness (QED) is 0.386. The van der Waals surface area contributed by atoms with Crippen LogP contribution in [-0.4, -0.2) is 11.8 Å². The van der Waals surface area contributed by atoms with Gasteiger partial charge >= 0.3 is 0 Å². The molecule has 0 saturated heterocycles. The number of hydrogen-bond donors (Lipinski definition) is 1. The number of aryl methyl sites for hydroxylation is 1. The van der Waals surface area contributed by atoms with E-state index in [9.17, 15) is 9.59 Å². The summed E-state index contributed by atoms with van der Waals surface area (Å²) in [5.41, 5.74) is 4.92. The van der Waals surface area contributed by atoms with Crippen LogP contribution < -0.4 is 10.2 Å². The zero-order valence-corrected chi connectivity index (χ0v) is 20.6. The van der Waals surface area contributed by atoms with Gasteiger partial charge in [-0.1, -0.05) is 61.5 Å². The van der Waals surface area contributed by atoms with Crippen molar-refractivity contribution in [2.75, 3.05) is 10.2 Å². The number of benzene rings is 3. The van der Waals surface area contributed by atoms with Gasteiger partial charge in [0.1, 0.15) is 10.6 Å². The molecule has 0 aromatic heterocycles. The molecule has 1 N–H and O–H groups in total. The zero-order chi connectivity index (χ0) is 23.7. The number of hydrogen-bond acceptors (Lipinski definition) is 4. The number of amides is 2. The third-order valence-electron chi connectivity index (χ3n) is 5.76. The molecule has 0 spiro atoms. The summed E-state index contributed by atoms with van der Waals surface area (Å²) >= 11 is 7.29. The summed E-state index contributed by atoms with van der Waals surface area (Å²) in [6.45, 7) is 8.22. The van der Waals surface area contributed by atoms with Crippen LogP contribution in [0.25, 0.3) is 0 Å². The Morgan fingerprint density at radius 1 is 0.879 bits per heavy atom. The molecular formula is C27H25ClN2O2S. The van der Waals surface area contributed by atoms with E-state index < -0.39 is 0 Å². The number of nitrogens with zero attached hydrogens (tertiary/aromatic N) is 1. The second-order valence-corrected chi connectivity index (χ2v) is 9.84. The Hall–Kier alpha value is -3.02. The maximum atomic E-state index is 13.5. The fourth-order valence-electron chi connectivity index (χ4n) is 3.60. The predicted molar refractivity (Wildman–Crippen MR) is 137 cm³/mol. The lowest BCUT2D eigenvalue weighted by molar-refractivity contribution is -0.120. The van der Waals surface area contributed by atoms with E-state index in [1.807, 2.05) is 68.4 Å². The van der Waals surface area contributed by atoms with Crippen molar-refractivity contribution < 1.29 is 9.59 Å². The van der Waals surface area contributed by atoms with Crippen LogP contribution in [0.1, 0.15) is 36.5 Å². The van der Waals surface area contributed by atoms with Gasteiger partial charge in [-0.25, -0.2) is 4.90 Å². The minimum absolute atomic E-state index is 0.279. The maximum Gasteiger partial charge on any atom is 0.283 e. The molecule has 6 heteroatoms. The Bertz CT molecular complexity index is 1250. The summed E-state index contributed by atoms with van der Waals surface area (Å²) in [7, 11) is 0. The molecule has 4 rings (SSSR count). The average Bonchev–Trinajstić information content (AvgIpc) is 3.02. The van der Waals surface area contributed by atoms with Crippen LogP contribution in [0.5, 0.6) is 0 Å². The molecule has 0 radical (unpaired) electrons. The summed E-state index contributed by atoms with van der Waals surface area (Å²) in [6, 6.07) is 20.7. The van der Waals surface area contributed by atoms with E-state index in [1.165, 1.54) is 16.7 Å². The van der Waals surface area contributed by atoms with Crippen molar-refractivity contribution in [3.8, 4) is 0 Å². The zero-order valence-electron chi connectivity index (χ0n) is 19.0. The van der Waals surface area contributed by atoms with Crippen molar-refractivity contribution in [3.63, 3.8) is 0 Å². The van der Waals surface area contributed by atoms with E-state index in [0.717, 1.165) is 27.3 Å². The summed E-state index contributed by atoms with van der Waals surface area (Å²) in [6.07, 6.45) is 0. The first-order valence-electron chi connectivity index (χ1n) is 10.8. The van der Waals surface area contributed by atoms with Crippen LogP contribution in [0.2, 0.25) is 5.02 Å². The van der Waals surface area contributed by atoms with Gasteiger partial charge in [0, 0.05) is 15.6 Å². The predicted octanol–water partition coefficient (Wildman–Crippen LogP) is 7.07. The minimum Gasteiger partial charge on any atom is -0.350 e. The van der Waals surface area contributed by atoms with Gasteiger partial charge in [0.05, 0.1) is 5.69 Å². The molecule has 1 heterocycles. The maximum absolute atomic E-state index is 13.5. The summed E-state index contributed by atoms with van der Waals surface area (Å²) in [4.78, 5) is 29.5. The second-order valence-electron chi connectivity index (χ2n) is 8.32. The molecule has 0 unspecified atom stereocenters. The molecule has 4 nitrogen and oxygen atoms in total. The van der Waals surface area contributed by atoms with Crippen molar-refractivity contribution >= 4 is 46.6 Å². The first kappa shape index (κ1) is 23.1. The molecule has 0 aliphatic carbocycles. The lowest BCUT2D eigenvalue weighted by atomic mass is 10.0. The number of nitrogens with one attached hydrogen (secondary N) is 1. The van der Waals surface area contributed by atoms with Crippen molar-refractivity contribution in [2.24, 2.45) is 0 Å². The van der Waals surface area contributed by atoms with E-state index in [4.69, 9.17) is 11.6 Å². The monoisotopic (exact) mass is 476 g/mol. The standard InChI is InChI=1S/C27H25ClN2O2S/c1-16(2)19-8-12-21(13-9-19)30-26(31)24(29-23-7-5-6-17(3)18(23)4)25(27(30)32)33-22-14-10-20(28)11-15-22/h5-16,29H,1-4H3. The molecule has 1 aliphatic heterocycles. The average molecular weight is 477 g/mol. The second kappa shape index (κ2) is 9.46. The van der Waals surface area contributed by atoms with Gasteiger partial charge in [0.2, 0.25) is 0 Å². The smallest absolute Gasteiger partial charge is 0.283 e. The summed E-state index contributed by atoms with van der Waals surface area (Å²) in [5.74, 6) is -0.348. The first-order valence-corrected chi connectivity index (χ1v) is 12.0. The first-order chi connectivity index (χ1) is 15.8. The topological polar surface area (TPSA) is 49.4 Å². The highest BCUT2D eigenvalue weighted by Gasteiger charge is 2.40. The van der Waals surface area contributed by atoms with Crippen molar-refractivity contribution in [1.82, 2.24) is 0 Å². The number of anilines is 2. The van der Waals surface area contributed by atoms with Crippen molar-refractivity contribution in [1.29, 1.82) is 0 Å². The van der Waals surface area contributed by atoms with E-state index in [0.29, 0.717) is 21.5 Å². The van der Waals surface area contributed by atoms with Gasteiger partial charge in [-0.3, -0.25) is 9.59 Å². The van der Waals surface area contributed by atoms with Gasteiger partial charge in [-0.15, -0.1) is 0 Å². The Balaban J connectivity index is 1.75. The van der Waals surface area contributed by atoms with Crippen LogP contribution in [0.3, 0.4) is 0 Å². The number of rotatable bonds is 6. The molecule has 3 aromatic carbocycles. The number of carbonyl (C=O) groups is 2. The molecule has 2 amide bonds. The largest absolute Gasteiger partial charge is 0.350 e. The van der Waals surface area contributed by atoms with Gasteiger partial charge in [0.15, 0.2) is 0 Å². The molecule has 0 saturated carbocycles. The van der Waals surface area contributed by atoms with Gasteiger partial charge in [-0.05, 0) is 78.9 Å².